The Morgan fingerprint density at radius 1 is 1.30 bits per heavy atom. The van der Waals surface area contributed by atoms with Crippen LogP contribution in [-0.4, -0.2) is 13.0 Å². The van der Waals surface area contributed by atoms with Crippen LogP contribution in [0.25, 0.3) is 0 Å². The molecule has 0 radical (unpaired) electrons. The first-order valence-corrected chi connectivity index (χ1v) is 6.03. The molecular weight excluding hydrogens is 259 g/mol. The number of para-hydroxylation sites is 1. The molecule has 1 amide bonds. The summed E-state index contributed by atoms with van der Waals surface area (Å²) in [5.74, 6) is -0.564. The maximum absolute atomic E-state index is 13.7. The molecule has 2 aromatic carbocycles. The van der Waals surface area contributed by atoms with Crippen LogP contribution < -0.4 is 15.8 Å². The standard InChI is InChI=1S/C15H15FN2O2/c1-9-6-7-12(11(16)8-9)18-15(19)10-4-3-5-13(20-2)14(10)17/h3-8H,17H2,1-2H3,(H,18,19). The van der Waals surface area contributed by atoms with Gasteiger partial charge in [-0.25, -0.2) is 4.39 Å². The first-order chi connectivity index (χ1) is 9.52. The number of amides is 1. The van der Waals surface area contributed by atoms with Gasteiger partial charge in [-0.05, 0) is 36.8 Å². The van der Waals surface area contributed by atoms with Crippen molar-refractivity contribution in [1.82, 2.24) is 0 Å². The molecule has 0 aromatic heterocycles. The largest absolute Gasteiger partial charge is 0.495 e. The number of methoxy groups -OCH3 is 1. The Balaban J connectivity index is 2.28. The number of ether oxygens (including phenoxy) is 1. The van der Waals surface area contributed by atoms with E-state index in [2.05, 4.69) is 5.32 Å². The van der Waals surface area contributed by atoms with Gasteiger partial charge in [-0.2, -0.15) is 0 Å². The summed E-state index contributed by atoms with van der Waals surface area (Å²) in [5.41, 5.74) is 7.19. The number of nitrogens with one attached hydrogen (secondary N) is 1. The summed E-state index contributed by atoms with van der Waals surface area (Å²) in [5, 5.41) is 2.50. The summed E-state index contributed by atoms with van der Waals surface area (Å²) in [6.07, 6.45) is 0. The second-order valence-corrected chi connectivity index (χ2v) is 4.36. The molecule has 0 aliphatic carbocycles. The smallest absolute Gasteiger partial charge is 0.257 e. The highest BCUT2D eigenvalue weighted by molar-refractivity contribution is 6.08. The van der Waals surface area contributed by atoms with Gasteiger partial charge in [0.25, 0.3) is 5.91 Å². The maximum atomic E-state index is 13.7. The van der Waals surface area contributed by atoms with Crippen molar-refractivity contribution in [3.8, 4) is 5.75 Å². The Morgan fingerprint density at radius 3 is 2.70 bits per heavy atom. The van der Waals surface area contributed by atoms with Crippen molar-refractivity contribution in [2.45, 2.75) is 6.92 Å². The fraction of sp³-hybridized carbons (Fsp3) is 0.133. The van der Waals surface area contributed by atoms with Crippen LogP contribution in [0.1, 0.15) is 15.9 Å². The molecule has 4 nitrogen and oxygen atoms in total. The number of nitrogens with two attached hydrogens (primary N) is 1. The number of nitrogen functional groups attached to an aromatic ring is 1. The number of anilines is 2. The highest BCUT2D eigenvalue weighted by Gasteiger charge is 2.14. The zero-order valence-electron chi connectivity index (χ0n) is 11.2. The van der Waals surface area contributed by atoms with Gasteiger partial charge in [-0.3, -0.25) is 4.79 Å². The molecular formula is C15H15FN2O2. The van der Waals surface area contributed by atoms with Crippen LogP contribution in [0.5, 0.6) is 5.75 Å². The van der Waals surface area contributed by atoms with Gasteiger partial charge < -0.3 is 15.8 Å². The monoisotopic (exact) mass is 274 g/mol. The molecule has 104 valence electrons. The number of halogens is 1. The summed E-state index contributed by atoms with van der Waals surface area (Å²) < 4.78 is 18.7. The Morgan fingerprint density at radius 2 is 2.05 bits per heavy atom. The van der Waals surface area contributed by atoms with Crippen LogP contribution in [0.4, 0.5) is 15.8 Å². The summed E-state index contributed by atoms with van der Waals surface area (Å²) in [4.78, 5) is 12.1. The number of hydrogen-bond acceptors (Lipinski definition) is 3. The maximum Gasteiger partial charge on any atom is 0.257 e. The number of carbonyl (C=O) groups excluding carboxylic acids is 1. The Kier molecular flexibility index (Phi) is 3.89. The predicted molar refractivity (Wildman–Crippen MR) is 76.5 cm³/mol. The van der Waals surface area contributed by atoms with Crippen molar-refractivity contribution >= 4 is 17.3 Å². The lowest BCUT2D eigenvalue weighted by Crippen LogP contribution is -2.15. The molecule has 0 bridgehead atoms. The van der Waals surface area contributed by atoms with Crippen LogP contribution >= 0.6 is 0 Å². The van der Waals surface area contributed by atoms with Crippen molar-refractivity contribution in [3.63, 3.8) is 0 Å². The summed E-state index contributed by atoms with van der Waals surface area (Å²) in [6, 6.07) is 9.44. The number of hydrogen-bond donors (Lipinski definition) is 2. The van der Waals surface area contributed by atoms with E-state index >= 15 is 0 Å². The first kappa shape index (κ1) is 13.9. The molecule has 0 aliphatic heterocycles. The van der Waals surface area contributed by atoms with Crippen LogP contribution in [-0.2, 0) is 0 Å². The lowest BCUT2D eigenvalue weighted by molar-refractivity contribution is 0.102. The SMILES string of the molecule is COc1cccc(C(=O)Nc2ccc(C)cc2F)c1N. The van der Waals surface area contributed by atoms with E-state index in [-0.39, 0.29) is 16.9 Å². The lowest BCUT2D eigenvalue weighted by Gasteiger charge is -2.11. The van der Waals surface area contributed by atoms with Gasteiger partial charge in [-0.15, -0.1) is 0 Å². The summed E-state index contributed by atoms with van der Waals surface area (Å²) >= 11 is 0. The van der Waals surface area contributed by atoms with Gasteiger partial charge in [0.2, 0.25) is 0 Å². The van der Waals surface area contributed by atoms with Crippen LogP contribution in [0.2, 0.25) is 0 Å². The lowest BCUT2D eigenvalue weighted by atomic mass is 10.1. The zero-order chi connectivity index (χ0) is 14.7. The minimum Gasteiger partial charge on any atom is -0.495 e. The third-order valence-electron chi connectivity index (χ3n) is 2.90. The molecule has 2 rings (SSSR count). The van der Waals surface area contributed by atoms with E-state index in [0.29, 0.717) is 5.75 Å². The molecule has 0 saturated heterocycles. The molecule has 0 aliphatic rings. The van der Waals surface area contributed by atoms with E-state index in [1.807, 2.05) is 0 Å². The normalized spacial score (nSPS) is 10.2. The number of carbonyl (C=O) groups is 1. The average molecular weight is 274 g/mol. The van der Waals surface area contributed by atoms with E-state index in [0.717, 1.165) is 5.56 Å². The molecule has 0 fully saturated rings. The average Bonchev–Trinajstić information content (AvgIpc) is 2.42. The van der Waals surface area contributed by atoms with Crippen molar-refractivity contribution in [2.24, 2.45) is 0 Å². The van der Waals surface area contributed by atoms with Gasteiger partial charge in [-0.1, -0.05) is 12.1 Å². The quantitative estimate of drug-likeness (QED) is 0.846. The summed E-state index contributed by atoms with van der Waals surface area (Å²) in [7, 11) is 1.47. The van der Waals surface area contributed by atoms with Crippen LogP contribution in [0.15, 0.2) is 36.4 Å². The second kappa shape index (κ2) is 5.61. The van der Waals surface area contributed by atoms with Gasteiger partial charge in [0.15, 0.2) is 0 Å². The molecule has 2 aromatic rings. The molecule has 3 N–H and O–H groups in total. The highest BCUT2D eigenvalue weighted by atomic mass is 19.1. The predicted octanol–water partition coefficient (Wildman–Crippen LogP) is 2.98. The van der Waals surface area contributed by atoms with Crippen molar-refractivity contribution in [3.05, 3.63) is 53.3 Å². The van der Waals surface area contributed by atoms with Gasteiger partial charge in [0, 0.05) is 0 Å². The zero-order valence-corrected chi connectivity index (χ0v) is 11.2. The molecule has 0 atom stereocenters. The van der Waals surface area contributed by atoms with E-state index in [1.54, 1.807) is 31.2 Å². The molecule has 0 heterocycles. The molecule has 0 unspecified atom stereocenters. The Labute approximate surface area is 116 Å². The Bertz CT molecular complexity index is 656. The van der Waals surface area contributed by atoms with Crippen molar-refractivity contribution in [1.29, 1.82) is 0 Å². The third kappa shape index (κ3) is 2.71. The topological polar surface area (TPSA) is 64.3 Å². The van der Waals surface area contributed by atoms with Gasteiger partial charge in [0.1, 0.15) is 11.6 Å². The molecule has 5 heteroatoms. The fourth-order valence-corrected chi connectivity index (χ4v) is 1.83. The van der Waals surface area contributed by atoms with Crippen molar-refractivity contribution < 1.29 is 13.9 Å². The molecule has 0 saturated carbocycles. The highest BCUT2D eigenvalue weighted by Crippen LogP contribution is 2.26. The van der Waals surface area contributed by atoms with Crippen LogP contribution in [0.3, 0.4) is 0 Å². The number of rotatable bonds is 3. The molecule has 0 spiro atoms. The number of benzene rings is 2. The first-order valence-electron chi connectivity index (χ1n) is 6.03. The Hall–Kier alpha value is -2.56. The second-order valence-electron chi connectivity index (χ2n) is 4.36. The number of aryl methyl sites for hydroxylation is 1. The minimum absolute atomic E-state index is 0.114. The van der Waals surface area contributed by atoms with E-state index in [4.69, 9.17) is 10.5 Å². The van der Waals surface area contributed by atoms with E-state index in [9.17, 15) is 9.18 Å². The van der Waals surface area contributed by atoms with Crippen LogP contribution in [0, 0.1) is 12.7 Å². The van der Waals surface area contributed by atoms with Gasteiger partial charge in [0.05, 0.1) is 24.0 Å². The minimum atomic E-state index is -0.486. The van der Waals surface area contributed by atoms with Crippen molar-refractivity contribution in [2.75, 3.05) is 18.2 Å². The van der Waals surface area contributed by atoms with Gasteiger partial charge >= 0.3 is 0 Å². The fourth-order valence-electron chi connectivity index (χ4n) is 1.83. The summed E-state index contributed by atoms with van der Waals surface area (Å²) in [6.45, 7) is 1.77. The van der Waals surface area contributed by atoms with E-state index in [1.165, 1.54) is 19.2 Å². The van der Waals surface area contributed by atoms with E-state index < -0.39 is 11.7 Å². The molecule has 20 heavy (non-hydrogen) atoms. The third-order valence-corrected chi connectivity index (χ3v) is 2.90.